The van der Waals surface area contributed by atoms with Crippen molar-refractivity contribution in [3.63, 3.8) is 0 Å². The van der Waals surface area contributed by atoms with E-state index in [9.17, 15) is 9.59 Å². The number of benzene rings is 2. The molecule has 2 aromatic rings. The van der Waals surface area contributed by atoms with Crippen LogP contribution in [0.2, 0.25) is 0 Å². The lowest BCUT2D eigenvalue weighted by Crippen LogP contribution is -1.93. The van der Waals surface area contributed by atoms with Crippen LogP contribution in [0.15, 0.2) is 60.7 Å². The van der Waals surface area contributed by atoms with Crippen molar-refractivity contribution in [2.24, 2.45) is 0 Å². The molecule has 0 saturated heterocycles. The summed E-state index contributed by atoms with van der Waals surface area (Å²) in [7, 11) is 0. The van der Waals surface area contributed by atoms with E-state index in [1.807, 2.05) is 43.3 Å². The molecule has 0 aromatic heterocycles. The van der Waals surface area contributed by atoms with Crippen LogP contribution in [-0.2, 0) is 4.79 Å². The molecule has 2 aromatic carbocycles. The second kappa shape index (κ2) is 7.15. The molecule has 0 spiro atoms. The van der Waals surface area contributed by atoms with Gasteiger partial charge in [-0.3, -0.25) is 9.59 Å². The van der Waals surface area contributed by atoms with Gasteiger partial charge in [0.15, 0.2) is 5.78 Å². The lowest BCUT2D eigenvalue weighted by Gasteiger charge is -2.02. The topological polar surface area (TPSA) is 34.1 Å². The minimum Gasteiger partial charge on any atom is -0.299 e. The Bertz CT molecular complexity index is 695. The molecule has 2 nitrogen and oxygen atoms in total. The van der Waals surface area contributed by atoms with E-state index in [0.717, 1.165) is 23.0 Å². The molecule has 0 amide bonds. The molecule has 0 aliphatic rings. The summed E-state index contributed by atoms with van der Waals surface area (Å²) < 4.78 is 0. The first-order chi connectivity index (χ1) is 10.2. The van der Waals surface area contributed by atoms with Crippen LogP contribution in [0.1, 0.15) is 27.0 Å². The Morgan fingerprint density at radius 2 is 1.71 bits per heavy atom. The third kappa shape index (κ3) is 4.11. The maximum Gasteiger partial charge on any atom is 0.185 e. The van der Waals surface area contributed by atoms with E-state index < -0.39 is 0 Å². The van der Waals surface area contributed by atoms with Crippen molar-refractivity contribution in [3.05, 3.63) is 82.9 Å². The highest BCUT2D eigenvalue weighted by molar-refractivity contribution is 6.07. The lowest BCUT2D eigenvalue weighted by molar-refractivity contribution is -0.104. The molecule has 2 rings (SSSR count). The molecule has 0 N–H and O–H groups in total. The van der Waals surface area contributed by atoms with Gasteiger partial charge in [-0.1, -0.05) is 66.2 Å². The van der Waals surface area contributed by atoms with Crippen LogP contribution in [0.3, 0.4) is 0 Å². The number of rotatable bonds is 5. The van der Waals surface area contributed by atoms with Crippen molar-refractivity contribution < 1.29 is 9.59 Å². The van der Waals surface area contributed by atoms with Gasteiger partial charge in [-0.15, -0.1) is 0 Å². The first kappa shape index (κ1) is 14.7. The van der Waals surface area contributed by atoms with Crippen molar-refractivity contribution in [2.75, 3.05) is 0 Å². The average molecular weight is 276 g/mol. The molecule has 0 fully saturated rings. The Hall–Kier alpha value is -2.74. The number of aldehydes is 1. The van der Waals surface area contributed by atoms with Crippen molar-refractivity contribution in [1.82, 2.24) is 0 Å². The Morgan fingerprint density at radius 1 is 0.952 bits per heavy atom. The Kier molecular flexibility index (Phi) is 4.99. The molecule has 21 heavy (non-hydrogen) atoms. The number of carbonyl (C=O) groups is 2. The minimum absolute atomic E-state index is 0.0403. The van der Waals surface area contributed by atoms with E-state index in [-0.39, 0.29) is 5.78 Å². The van der Waals surface area contributed by atoms with Gasteiger partial charge in [-0.25, -0.2) is 0 Å². The summed E-state index contributed by atoms with van der Waals surface area (Å²) in [6.07, 6.45) is 7.26. The fourth-order valence-corrected chi connectivity index (χ4v) is 2.00. The number of ketones is 1. The summed E-state index contributed by atoms with van der Waals surface area (Å²) in [5.74, 6) is -0.0403. The predicted octanol–water partition coefficient (Wildman–Crippen LogP) is 4.10. The van der Waals surface area contributed by atoms with Gasteiger partial charge >= 0.3 is 0 Å². The molecule has 0 aliphatic carbocycles. The minimum atomic E-state index is -0.0403. The molecular formula is C19H16O2. The van der Waals surface area contributed by atoms with Gasteiger partial charge in [0.25, 0.3) is 0 Å². The third-order valence-electron chi connectivity index (χ3n) is 3.07. The number of carbonyl (C=O) groups excluding carboxylic acids is 2. The van der Waals surface area contributed by atoms with Gasteiger partial charge in [0.2, 0.25) is 0 Å². The highest BCUT2D eigenvalue weighted by Crippen LogP contribution is 2.16. The van der Waals surface area contributed by atoms with Crippen molar-refractivity contribution >= 4 is 24.2 Å². The van der Waals surface area contributed by atoms with Crippen LogP contribution in [0.25, 0.3) is 12.2 Å². The maximum absolute atomic E-state index is 12.0. The molecule has 0 radical (unpaired) electrons. The van der Waals surface area contributed by atoms with E-state index in [1.165, 1.54) is 6.08 Å². The quantitative estimate of drug-likeness (QED) is 0.468. The van der Waals surface area contributed by atoms with Crippen LogP contribution < -0.4 is 0 Å². The Labute approximate surface area is 124 Å². The fourth-order valence-electron chi connectivity index (χ4n) is 2.00. The number of allylic oxidation sites excluding steroid dienone is 2. The molecule has 0 bridgehead atoms. The van der Waals surface area contributed by atoms with Gasteiger partial charge in [0.1, 0.15) is 6.29 Å². The molecule has 0 aliphatic heterocycles. The normalized spacial score (nSPS) is 11.1. The number of hydrogen-bond donors (Lipinski definition) is 0. The molecule has 0 saturated carbocycles. The highest BCUT2D eigenvalue weighted by atomic mass is 16.1. The summed E-state index contributed by atoms with van der Waals surface area (Å²) in [5.41, 5.74) is 3.58. The van der Waals surface area contributed by atoms with Gasteiger partial charge in [0, 0.05) is 5.56 Å². The summed E-state index contributed by atoms with van der Waals surface area (Å²) in [6.45, 7) is 1.99. The zero-order valence-corrected chi connectivity index (χ0v) is 11.8. The van der Waals surface area contributed by atoms with Gasteiger partial charge in [-0.05, 0) is 30.2 Å². The van der Waals surface area contributed by atoms with Crippen LogP contribution in [-0.4, -0.2) is 12.1 Å². The summed E-state index contributed by atoms with van der Waals surface area (Å²) in [6, 6.07) is 15.0. The van der Waals surface area contributed by atoms with Crippen molar-refractivity contribution in [2.45, 2.75) is 6.92 Å². The largest absolute Gasteiger partial charge is 0.299 e. The lowest BCUT2D eigenvalue weighted by atomic mass is 10.0. The van der Waals surface area contributed by atoms with Crippen LogP contribution in [0, 0.1) is 6.92 Å². The molecule has 104 valence electrons. The van der Waals surface area contributed by atoms with E-state index in [2.05, 4.69) is 0 Å². The Morgan fingerprint density at radius 3 is 2.43 bits per heavy atom. The van der Waals surface area contributed by atoms with Crippen molar-refractivity contribution in [1.29, 1.82) is 0 Å². The van der Waals surface area contributed by atoms with Crippen LogP contribution in [0.4, 0.5) is 0 Å². The Balaban J connectivity index is 2.26. The molecule has 0 heterocycles. The number of aryl methyl sites for hydroxylation is 1. The fraction of sp³-hybridized carbons (Fsp3) is 0.0526. The van der Waals surface area contributed by atoms with Gasteiger partial charge < -0.3 is 0 Å². The van der Waals surface area contributed by atoms with Crippen LogP contribution in [0.5, 0.6) is 0 Å². The second-order valence-electron chi connectivity index (χ2n) is 4.69. The number of hydrogen-bond acceptors (Lipinski definition) is 2. The standard InChI is InChI=1S/C19H16O2/c1-15-9-10-16(18(14-15)8-5-13-20)11-12-19(21)17-6-3-2-4-7-17/h2-14H,1H3/b8-5+,12-11+. The summed E-state index contributed by atoms with van der Waals surface area (Å²) in [5, 5.41) is 0. The van der Waals surface area contributed by atoms with E-state index in [1.54, 1.807) is 30.4 Å². The molecule has 0 unspecified atom stereocenters. The third-order valence-corrected chi connectivity index (χ3v) is 3.07. The smallest absolute Gasteiger partial charge is 0.185 e. The van der Waals surface area contributed by atoms with Gasteiger partial charge in [-0.2, -0.15) is 0 Å². The SMILES string of the molecule is Cc1ccc(/C=C/C(=O)c2ccccc2)c(/C=C/C=O)c1. The summed E-state index contributed by atoms with van der Waals surface area (Å²) in [4.78, 5) is 22.5. The molecule has 0 atom stereocenters. The van der Waals surface area contributed by atoms with E-state index in [0.29, 0.717) is 5.56 Å². The maximum atomic E-state index is 12.0. The average Bonchev–Trinajstić information content (AvgIpc) is 2.52. The monoisotopic (exact) mass is 276 g/mol. The van der Waals surface area contributed by atoms with E-state index >= 15 is 0 Å². The first-order valence-electron chi connectivity index (χ1n) is 6.70. The molecule has 2 heteroatoms. The second-order valence-corrected chi connectivity index (χ2v) is 4.69. The molecular weight excluding hydrogens is 260 g/mol. The van der Waals surface area contributed by atoms with Gasteiger partial charge in [0.05, 0.1) is 0 Å². The van der Waals surface area contributed by atoms with Crippen molar-refractivity contribution in [3.8, 4) is 0 Å². The zero-order valence-electron chi connectivity index (χ0n) is 11.8. The zero-order chi connectivity index (χ0) is 15.1. The summed E-state index contributed by atoms with van der Waals surface area (Å²) >= 11 is 0. The predicted molar refractivity (Wildman–Crippen MR) is 86.1 cm³/mol. The first-order valence-corrected chi connectivity index (χ1v) is 6.70. The highest BCUT2D eigenvalue weighted by Gasteiger charge is 2.01. The van der Waals surface area contributed by atoms with Crippen LogP contribution >= 0.6 is 0 Å². The van der Waals surface area contributed by atoms with E-state index in [4.69, 9.17) is 0 Å².